The SMILES string of the molecule is O=C(O[C@H]1CCOC1)N1CCC(CS(=O)(=O)N2CC=C(c3cc(F)ccc3F)CC2)(C(=O)NO)CC1. The Bertz CT molecular complexity index is 1130. The molecule has 0 aromatic heterocycles. The van der Waals surface area contributed by atoms with Crippen LogP contribution in [0.3, 0.4) is 0 Å². The van der Waals surface area contributed by atoms with Gasteiger partial charge in [-0.25, -0.2) is 27.5 Å². The minimum absolute atomic E-state index is 0.0122. The maximum absolute atomic E-state index is 14.1. The maximum Gasteiger partial charge on any atom is 0.410 e. The number of nitrogens with zero attached hydrogens (tertiary/aromatic N) is 2. The van der Waals surface area contributed by atoms with Gasteiger partial charge < -0.3 is 14.4 Å². The van der Waals surface area contributed by atoms with E-state index in [4.69, 9.17) is 9.47 Å². The molecule has 1 aromatic carbocycles. The summed E-state index contributed by atoms with van der Waals surface area (Å²) in [5.74, 6) is -2.59. The van der Waals surface area contributed by atoms with Gasteiger partial charge in [0.25, 0.3) is 5.91 Å². The fraction of sp³-hybridized carbons (Fsp3) is 0.565. The van der Waals surface area contributed by atoms with Crippen LogP contribution in [0, 0.1) is 17.0 Å². The number of rotatable bonds is 6. The Morgan fingerprint density at radius 2 is 1.97 bits per heavy atom. The van der Waals surface area contributed by atoms with E-state index in [0.717, 1.165) is 18.2 Å². The summed E-state index contributed by atoms with van der Waals surface area (Å²) in [7, 11) is -3.98. The van der Waals surface area contributed by atoms with Crippen LogP contribution in [0.4, 0.5) is 13.6 Å². The minimum Gasteiger partial charge on any atom is -0.444 e. The Morgan fingerprint density at radius 1 is 1.22 bits per heavy atom. The molecule has 0 radical (unpaired) electrons. The summed E-state index contributed by atoms with van der Waals surface area (Å²) in [5.41, 5.74) is 0.727. The number of benzene rings is 1. The second-order valence-corrected chi connectivity index (χ2v) is 11.3. The first kappa shape index (κ1) is 26.5. The molecule has 198 valence electrons. The first-order chi connectivity index (χ1) is 17.1. The maximum atomic E-state index is 14.1. The molecule has 3 heterocycles. The summed E-state index contributed by atoms with van der Waals surface area (Å²) in [5, 5.41) is 9.33. The average Bonchev–Trinajstić information content (AvgIpc) is 3.38. The molecule has 10 nitrogen and oxygen atoms in total. The van der Waals surface area contributed by atoms with E-state index in [9.17, 15) is 32.0 Å². The van der Waals surface area contributed by atoms with Gasteiger partial charge in [-0.05, 0) is 43.0 Å². The normalized spacial score (nSPS) is 22.7. The molecule has 2 N–H and O–H groups in total. The molecule has 13 heteroatoms. The first-order valence-corrected chi connectivity index (χ1v) is 13.3. The second-order valence-electron chi connectivity index (χ2n) is 9.30. The molecule has 0 aliphatic carbocycles. The summed E-state index contributed by atoms with van der Waals surface area (Å²) in [6.07, 6.45) is 1.45. The van der Waals surface area contributed by atoms with E-state index in [0.29, 0.717) is 25.2 Å². The quantitative estimate of drug-likeness (QED) is 0.426. The third kappa shape index (κ3) is 5.69. The third-order valence-electron chi connectivity index (χ3n) is 7.02. The standard InChI is InChI=1S/C23H29F2N3O7S/c24-17-1-2-20(25)19(13-17)16-3-8-28(9-4-16)36(32,33)15-23(21(29)26-31)6-10-27(11-7-23)22(30)35-18-5-12-34-14-18/h1-3,13,18,31H,4-12,14-15H2,(H,26,29)/t18-/m0/s1. The highest BCUT2D eigenvalue weighted by molar-refractivity contribution is 7.89. The molecule has 2 amide bonds. The average molecular weight is 530 g/mol. The van der Waals surface area contributed by atoms with Crippen LogP contribution in [0.2, 0.25) is 0 Å². The molecule has 0 spiro atoms. The van der Waals surface area contributed by atoms with Crippen molar-refractivity contribution in [3.05, 3.63) is 41.5 Å². The van der Waals surface area contributed by atoms with Crippen molar-refractivity contribution < 1.29 is 41.5 Å². The number of hydroxylamine groups is 1. The van der Waals surface area contributed by atoms with Crippen LogP contribution in [0.15, 0.2) is 24.3 Å². The number of hydrogen-bond acceptors (Lipinski definition) is 7. The Kier molecular flexibility index (Phi) is 7.93. The van der Waals surface area contributed by atoms with E-state index in [-0.39, 0.29) is 57.1 Å². The van der Waals surface area contributed by atoms with Gasteiger partial charge in [0.05, 0.1) is 24.4 Å². The number of amides is 2. The van der Waals surface area contributed by atoms with Crippen molar-refractivity contribution in [3.63, 3.8) is 0 Å². The molecule has 2 saturated heterocycles. The van der Waals surface area contributed by atoms with Gasteiger partial charge in [-0.15, -0.1) is 0 Å². The molecule has 1 aromatic rings. The van der Waals surface area contributed by atoms with Gasteiger partial charge in [-0.2, -0.15) is 4.31 Å². The predicted molar refractivity (Wildman–Crippen MR) is 123 cm³/mol. The van der Waals surface area contributed by atoms with E-state index >= 15 is 0 Å². The number of likely N-dealkylation sites (tertiary alicyclic amines) is 1. The fourth-order valence-electron chi connectivity index (χ4n) is 4.83. The van der Waals surface area contributed by atoms with Crippen molar-refractivity contribution in [1.82, 2.24) is 14.7 Å². The predicted octanol–water partition coefficient (Wildman–Crippen LogP) is 1.90. The van der Waals surface area contributed by atoms with E-state index in [1.165, 1.54) is 15.3 Å². The van der Waals surface area contributed by atoms with Gasteiger partial charge in [-0.1, -0.05) is 6.08 Å². The molecule has 3 aliphatic rings. The van der Waals surface area contributed by atoms with Crippen molar-refractivity contribution in [2.24, 2.45) is 5.41 Å². The van der Waals surface area contributed by atoms with E-state index in [1.54, 1.807) is 5.48 Å². The molecule has 0 bridgehead atoms. The lowest BCUT2D eigenvalue weighted by Crippen LogP contribution is -2.54. The molecule has 3 aliphatic heterocycles. The van der Waals surface area contributed by atoms with Gasteiger partial charge in [0, 0.05) is 38.2 Å². The molecule has 4 rings (SSSR count). The van der Waals surface area contributed by atoms with E-state index in [1.807, 2.05) is 0 Å². The van der Waals surface area contributed by atoms with Gasteiger partial charge in [0.1, 0.15) is 17.7 Å². The van der Waals surface area contributed by atoms with Gasteiger partial charge in [0.2, 0.25) is 10.0 Å². The van der Waals surface area contributed by atoms with Gasteiger partial charge in [-0.3, -0.25) is 10.0 Å². The molecular formula is C23H29F2N3O7S. The van der Waals surface area contributed by atoms with Crippen LogP contribution >= 0.6 is 0 Å². The van der Waals surface area contributed by atoms with Crippen LogP contribution in [0.1, 0.15) is 31.2 Å². The van der Waals surface area contributed by atoms with Crippen LogP contribution in [0.25, 0.3) is 5.57 Å². The summed E-state index contributed by atoms with van der Waals surface area (Å²) in [6.45, 7) is 0.970. The number of hydrogen-bond donors (Lipinski definition) is 2. The lowest BCUT2D eigenvalue weighted by Gasteiger charge is -2.40. The molecule has 36 heavy (non-hydrogen) atoms. The highest BCUT2D eigenvalue weighted by Gasteiger charge is 2.47. The second kappa shape index (κ2) is 10.8. The fourth-order valence-corrected chi connectivity index (χ4v) is 6.80. The van der Waals surface area contributed by atoms with Crippen molar-refractivity contribution >= 4 is 27.6 Å². The van der Waals surface area contributed by atoms with Crippen molar-refractivity contribution in [2.75, 3.05) is 45.1 Å². The topological polar surface area (TPSA) is 125 Å². The lowest BCUT2D eigenvalue weighted by atomic mass is 9.79. The highest BCUT2D eigenvalue weighted by Crippen LogP contribution is 2.36. The molecule has 0 unspecified atom stereocenters. The molecular weight excluding hydrogens is 500 g/mol. The van der Waals surface area contributed by atoms with E-state index in [2.05, 4.69) is 0 Å². The van der Waals surface area contributed by atoms with Crippen molar-refractivity contribution in [1.29, 1.82) is 0 Å². The molecule has 2 fully saturated rings. The highest BCUT2D eigenvalue weighted by atomic mass is 32.2. The van der Waals surface area contributed by atoms with E-state index < -0.39 is 44.8 Å². The summed E-state index contributed by atoms with van der Waals surface area (Å²) in [6, 6.07) is 3.11. The number of piperidine rings is 1. The Balaban J connectivity index is 1.42. The monoisotopic (exact) mass is 529 g/mol. The number of sulfonamides is 1. The molecule has 0 saturated carbocycles. The summed E-state index contributed by atoms with van der Waals surface area (Å²) in [4.78, 5) is 26.5. The van der Waals surface area contributed by atoms with Gasteiger partial charge >= 0.3 is 6.09 Å². The third-order valence-corrected chi connectivity index (χ3v) is 9.05. The van der Waals surface area contributed by atoms with Crippen LogP contribution in [0.5, 0.6) is 0 Å². The van der Waals surface area contributed by atoms with Crippen LogP contribution in [-0.4, -0.2) is 86.1 Å². The zero-order chi connectivity index (χ0) is 25.9. The smallest absolute Gasteiger partial charge is 0.410 e. The zero-order valence-electron chi connectivity index (χ0n) is 19.6. The van der Waals surface area contributed by atoms with Crippen LogP contribution < -0.4 is 5.48 Å². The van der Waals surface area contributed by atoms with Gasteiger partial charge in [0.15, 0.2) is 0 Å². The Hall–Kier alpha value is -2.61. The number of ether oxygens (including phenoxy) is 2. The van der Waals surface area contributed by atoms with Crippen molar-refractivity contribution in [2.45, 2.75) is 31.8 Å². The summed E-state index contributed by atoms with van der Waals surface area (Å²) >= 11 is 0. The largest absolute Gasteiger partial charge is 0.444 e. The molecule has 1 atom stereocenters. The Labute approximate surface area is 207 Å². The first-order valence-electron chi connectivity index (χ1n) is 11.7. The van der Waals surface area contributed by atoms with Crippen molar-refractivity contribution in [3.8, 4) is 0 Å². The number of carbonyl (C=O) groups is 2. The zero-order valence-corrected chi connectivity index (χ0v) is 20.4. The number of carbonyl (C=O) groups excluding carboxylic acids is 2. The van der Waals surface area contributed by atoms with Crippen LogP contribution in [-0.2, 0) is 24.3 Å². The number of nitrogens with one attached hydrogen (secondary N) is 1. The minimum atomic E-state index is -3.98. The number of halogens is 2. The summed E-state index contributed by atoms with van der Waals surface area (Å²) < 4.78 is 66.0. The lowest BCUT2D eigenvalue weighted by molar-refractivity contribution is -0.141. The Morgan fingerprint density at radius 3 is 2.58 bits per heavy atom.